The molecular formula is C12H17KO6S. The van der Waals surface area contributed by atoms with Gasteiger partial charge in [0.25, 0.3) is 10.1 Å². The number of hydrogen-bond donors (Lipinski definition) is 2. The molecule has 1 aromatic carbocycles. The third-order valence-electron chi connectivity index (χ3n) is 2.49. The first kappa shape index (κ1) is 20.2. The van der Waals surface area contributed by atoms with E-state index in [2.05, 4.69) is 0 Å². The Balaban J connectivity index is 0. The minimum absolute atomic E-state index is 0. The summed E-state index contributed by atoms with van der Waals surface area (Å²) in [4.78, 5) is 11.4. The molecule has 0 aromatic heterocycles. The van der Waals surface area contributed by atoms with E-state index < -0.39 is 21.5 Å². The molecule has 108 valence electrons. The zero-order valence-electron chi connectivity index (χ0n) is 12.4. The molecule has 2 N–H and O–H groups in total. The summed E-state index contributed by atoms with van der Waals surface area (Å²) in [6.07, 6.45) is 0.154. The van der Waals surface area contributed by atoms with E-state index in [9.17, 15) is 13.2 Å². The Hall–Kier alpha value is 0.196. The van der Waals surface area contributed by atoms with E-state index in [1.165, 1.54) is 0 Å². The summed E-state index contributed by atoms with van der Waals surface area (Å²) in [6, 6.07) is 6.41. The maximum atomic E-state index is 11.4. The Kier molecular flexibility index (Phi) is 9.35. The van der Waals surface area contributed by atoms with Crippen LogP contribution in [-0.2, 0) is 21.3 Å². The zero-order chi connectivity index (χ0) is 14.5. The molecule has 0 aliphatic carbocycles. The van der Waals surface area contributed by atoms with Gasteiger partial charge in [-0.05, 0) is 37.5 Å². The van der Waals surface area contributed by atoms with Gasteiger partial charge in [0.15, 0.2) is 5.44 Å². The predicted molar refractivity (Wildman–Crippen MR) is 69.4 cm³/mol. The van der Waals surface area contributed by atoms with Crippen LogP contribution in [0.25, 0.3) is 0 Å². The van der Waals surface area contributed by atoms with Crippen molar-refractivity contribution >= 4 is 16.1 Å². The molecule has 0 saturated carbocycles. The minimum atomic E-state index is -4.42. The standard InChI is InChI=1S/C12H16O6S.K.H/c1-2-18-12(14)10-6-3-9(4-7-10)5-8-11(13)19(15,16)17;;/h3-4,6-7,11,13H,2,5,8H2,1H3,(H,15,16,17);;/q;+1;-1. The van der Waals surface area contributed by atoms with Crippen LogP contribution < -0.4 is 51.4 Å². The second kappa shape index (κ2) is 9.26. The van der Waals surface area contributed by atoms with Gasteiger partial charge in [-0.2, -0.15) is 8.42 Å². The maximum Gasteiger partial charge on any atom is 1.00 e. The maximum absolute atomic E-state index is 11.4. The van der Waals surface area contributed by atoms with Crippen LogP contribution in [0.3, 0.4) is 0 Å². The fraction of sp³-hybridized carbons (Fsp3) is 0.417. The van der Waals surface area contributed by atoms with Crippen LogP contribution in [0.1, 0.15) is 30.7 Å². The topological polar surface area (TPSA) is 101 Å². The van der Waals surface area contributed by atoms with Gasteiger partial charge < -0.3 is 11.3 Å². The number of aryl methyl sites for hydroxylation is 1. The van der Waals surface area contributed by atoms with Crippen molar-refractivity contribution in [3.63, 3.8) is 0 Å². The van der Waals surface area contributed by atoms with Crippen LogP contribution >= 0.6 is 0 Å². The number of carbonyl (C=O) groups excluding carboxylic acids is 1. The van der Waals surface area contributed by atoms with Gasteiger partial charge in [0, 0.05) is 0 Å². The second-order valence-corrected chi connectivity index (χ2v) is 5.50. The van der Waals surface area contributed by atoms with Crippen molar-refractivity contribution in [2.45, 2.75) is 25.2 Å². The Morgan fingerprint density at radius 1 is 1.35 bits per heavy atom. The molecular weight excluding hydrogens is 311 g/mol. The van der Waals surface area contributed by atoms with Crippen molar-refractivity contribution in [1.82, 2.24) is 0 Å². The van der Waals surface area contributed by atoms with Crippen molar-refractivity contribution in [3.05, 3.63) is 35.4 Å². The van der Waals surface area contributed by atoms with E-state index in [0.29, 0.717) is 12.2 Å². The largest absolute Gasteiger partial charge is 1.00 e. The monoisotopic (exact) mass is 328 g/mol. The first-order chi connectivity index (χ1) is 8.84. The molecule has 0 spiro atoms. The molecule has 6 nitrogen and oxygen atoms in total. The molecule has 20 heavy (non-hydrogen) atoms. The smallest absolute Gasteiger partial charge is 1.00 e. The average Bonchev–Trinajstić information content (AvgIpc) is 2.35. The number of aliphatic hydroxyl groups excluding tert-OH is 1. The molecule has 0 aliphatic rings. The first-order valence-electron chi connectivity index (χ1n) is 5.75. The molecule has 0 aliphatic heterocycles. The first-order valence-corrected chi connectivity index (χ1v) is 7.25. The van der Waals surface area contributed by atoms with Crippen molar-refractivity contribution in [3.8, 4) is 0 Å². The zero-order valence-corrected chi connectivity index (χ0v) is 15.4. The number of carbonyl (C=O) groups is 1. The molecule has 1 unspecified atom stereocenters. The number of aliphatic hydroxyl groups is 1. The van der Waals surface area contributed by atoms with Gasteiger partial charge in [-0.3, -0.25) is 4.55 Å². The van der Waals surface area contributed by atoms with Crippen LogP contribution in [-0.4, -0.2) is 36.1 Å². The fourth-order valence-corrected chi connectivity index (χ4v) is 1.88. The van der Waals surface area contributed by atoms with Crippen molar-refractivity contribution in [2.75, 3.05) is 6.61 Å². The number of rotatable bonds is 6. The number of hydrogen-bond acceptors (Lipinski definition) is 5. The molecule has 1 atom stereocenters. The van der Waals surface area contributed by atoms with Crippen LogP contribution in [0.4, 0.5) is 0 Å². The van der Waals surface area contributed by atoms with Gasteiger partial charge in [-0.15, -0.1) is 0 Å². The Morgan fingerprint density at radius 2 is 1.90 bits per heavy atom. The normalized spacial score (nSPS) is 12.3. The molecule has 8 heteroatoms. The van der Waals surface area contributed by atoms with E-state index >= 15 is 0 Å². The Labute approximate surface area is 162 Å². The molecule has 1 aromatic rings. The summed E-state index contributed by atoms with van der Waals surface area (Å²) >= 11 is 0. The number of benzene rings is 1. The summed E-state index contributed by atoms with van der Waals surface area (Å²) in [5.74, 6) is -0.424. The third-order valence-corrected chi connectivity index (χ3v) is 3.41. The number of esters is 1. The summed E-state index contributed by atoms with van der Waals surface area (Å²) < 4.78 is 34.6. The molecule has 0 fully saturated rings. The van der Waals surface area contributed by atoms with E-state index in [1.807, 2.05) is 0 Å². The van der Waals surface area contributed by atoms with E-state index in [-0.39, 0.29) is 65.7 Å². The Bertz CT molecular complexity index is 531. The molecule has 1 rings (SSSR count). The Morgan fingerprint density at radius 3 is 2.35 bits per heavy atom. The fourth-order valence-electron chi connectivity index (χ4n) is 1.46. The molecule has 0 heterocycles. The van der Waals surface area contributed by atoms with Crippen molar-refractivity contribution in [2.24, 2.45) is 0 Å². The minimum Gasteiger partial charge on any atom is -1.00 e. The molecule has 0 bridgehead atoms. The van der Waals surface area contributed by atoms with Crippen LogP contribution in [0.15, 0.2) is 24.3 Å². The van der Waals surface area contributed by atoms with E-state index in [4.69, 9.17) is 14.4 Å². The molecule has 0 radical (unpaired) electrons. The van der Waals surface area contributed by atoms with Gasteiger partial charge in [0.05, 0.1) is 12.2 Å². The SMILES string of the molecule is CCOC(=O)c1ccc(CCC(O)S(=O)(=O)O)cc1.[H-].[K+]. The summed E-state index contributed by atoms with van der Waals surface area (Å²) in [5, 5.41) is 9.15. The summed E-state index contributed by atoms with van der Waals surface area (Å²) in [5.41, 5.74) is -0.645. The number of ether oxygens (including phenoxy) is 1. The van der Waals surface area contributed by atoms with Gasteiger partial charge in [0.2, 0.25) is 0 Å². The van der Waals surface area contributed by atoms with Gasteiger partial charge in [0.1, 0.15) is 0 Å². The second-order valence-electron chi connectivity index (χ2n) is 3.93. The molecule has 0 saturated heterocycles. The molecule has 0 amide bonds. The van der Waals surface area contributed by atoms with Crippen LogP contribution in [0.5, 0.6) is 0 Å². The van der Waals surface area contributed by atoms with E-state index in [0.717, 1.165) is 5.56 Å². The predicted octanol–water partition coefficient (Wildman–Crippen LogP) is -1.88. The van der Waals surface area contributed by atoms with E-state index in [1.54, 1.807) is 31.2 Å². The van der Waals surface area contributed by atoms with Gasteiger partial charge in [-0.25, -0.2) is 4.79 Å². The summed E-state index contributed by atoms with van der Waals surface area (Å²) in [6.45, 7) is 2.00. The summed E-state index contributed by atoms with van der Waals surface area (Å²) in [7, 11) is -4.42. The third kappa shape index (κ3) is 6.77. The van der Waals surface area contributed by atoms with Gasteiger partial charge in [-0.1, -0.05) is 12.1 Å². The van der Waals surface area contributed by atoms with Crippen LogP contribution in [0.2, 0.25) is 0 Å². The van der Waals surface area contributed by atoms with Crippen LogP contribution in [0, 0.1) is 0 Å². The van der Waals surface area contributed by atoms with Gasteiger partial charge >= 0.3 is 57.4 Å². The van der Waals surface area contributed by atoms with Crippen molar-refractivity contribution < 1.29 is 80.4 Å². The average molecular weight is 328 g/mol. The van der Waals surface area contributed by atoms with Crippen molar-refractivity contribution in [1.29, 1.82) is 0 Å². The quantitative estimate of drug-likeness (QED) is 0.360.